The lowest BCUT2D eigenvalue weighted by Gasteiger charge is -2.12. The summed E-state index contributed by atoms with van der Waals surface area (Å²) in [6, 6.07) is 7.30. The third-order valence-corrected chi connectivity index (χ3v) is 4.74. The lowest BCUT2D eigenvalue weighted by molar-refractivity contribution is -0.152. The minimum atomic E-state index is -0.869. The van der Waals surface area contributed by atoms with E-state index in [-0.39, 0.29) is 11.7 Å². The Morgan fingerprint density at radius 2 is 2.07 bits per heavy atom. The maximum absolute atomic E-state index is 12.0. The molecule has 0 unspecified atom stereocenters. The predicted molar refractivity (Wildman–Crippen MR) is 106 cm³/mol. The van der Waals surface area contributed by atoms with Crippen LogP contribution in [-0.4, -0.2) is 45.0 Å². The molecule has 144 valence electrons. The molecule has 1 heterocycles. The molecule has 1 atom stereocenters. The van der Waals surface area contributed by atoms with Gasteiger partial charge in [-0.15, -0.1) is 16.8 Å². The Morgan fingerprint density at radius 3 is 2.70 bits per heavy atom. The average Bonchev–Trinajstić information content (AvgIpc) is 3.07. The zero-order valence-electron chi connectivity index (χ0n) is 15.1. The Kier molecular flexibility index (Phi) is 7.87. The molecule has 9 heteroatoms. The highest BCUT2D eigenvalue weighted by Crippen LogP contribution is 2.25. The first-order chi connectivity index (χ1) is 13.0. The van der Waals surface area contributed by atoms with E-state index >= 15 is 0 Å². The standard InChI is InChI=1S/C18H21ClN4O3S/c1-4-10-20-17(25)12(3)26-15(24)11-27-18-22-21-16(23(18)5-2)13-6-8-14(19)9-7-13/h4,6-9,12H,1,5,10-11H2,2-3H3,(H,20,25)/t12-/m0/s1. The van der Waals surface area contributed by atoms with Crippen LogP contribution in [0.5, 0.6) is 0 Å². The van der Waals surface area contributed by atoms with Gasteiger partial charge in [0.05, 0.1) is 5.75 Å². The number of amides is 1. The number of hydrogen-bond donors (Lipinski definition) is 1. The normalized spacial score (nSPS) is 11.7. The maximum Gasteiger partial charge on any atom is 0.317 e. The summed E-state index contributed by atoms with van der Waals surface area (Å²) in [5, 5.41) is 12.2. The third-order valence-electron chi connectivity index (χ3n) is 3.55. The smallest absolute Gasteiger partial charge is 0.317 e. The minimum Gasteiger partial charge on any atom is -0.452 e. The number of benzene rings is 1. The Bertz CT molecular complexity index is 807. The molecule has 0 radical (unpaired) electrons. The summed E-state index contributed by atoms with van der Waals surface area (Å²) in [7, 11) is 0. The topological polar surface area (TPSA) is 86.1 Å². The molecule has 0 fully saturated rings. The van der Waals surface area contributed by atoms with Gasteiger partial charge in [-0.25, -0.2) is 0 Å². The van der Waals surface area contributed by atoms with Crippen molar-refractivity contribution in [2.75, 3.05) is 12.3 Å². The Morgan fingerprint density at radius 1 is 1.37 bits per heavy atom. The highest BCUT2D eigenvalue weighted by atomic mass is 35.5. The third kappa shape index (κ3) is 5.83. The van der Waals surface area contributed by atoms with Gasteiger partial charge in [0.1, 0.15) is 0 Å². The molecule has 0 saturated carbocycles. The van der Waals surface area contributed by atoms with Crippen LogP contribution in [0.25, 0.3) is 11.4 Å². The molecule has 2 aromatic rings. The van der Waals surface area contributed by atoms with Gasteiger partial charge in [0.15, 0.2) is 17.1 Å². The molecular formula is C18H21ClN4O3S. The first-order valence-corrected chi connectivity index (χ1v) is 9.72. The number of aromatic nitrogens is 3. The number of hydrogen-bond acceptors (Lipinski definition) is 6. The van der Waals surface area contributed by atoms with E-state index in [1.54, 1.807) is 18.2 Å². The van der Waals surface area contributed by atoms with E-state index in [1.807, 2.05) is 23.6 Å². The van der Waals surface area contributed by atoms with E-state index in [0.29, 0.717) is 29.1 Å². The Balaban J connectivity index is 1.97. The number of carbonyl (C=O) groups excluding carboxylic acids is 2. The second-order valence-corrected chi connectivity index (χ2v) is 6.89. The van der Waals surface area contributed by atoms with Crippen LogP contribution in [-0.2, 0) is 20.9 Å². The Labute approximate surface area is 167 Å². The molecular weight excluding hydrogens is 388 g/mol. The molecule has 0 aliphatic rings. The lowest BCUT2D eigenvalue weighted by atomic mass is 10.2. The van der Waals surface area contributed by atoms with Crippen molar-refractivity contribution in [1.82, 2.24) is 20.1 Å². The van der Waals surface area contributed by atoms with Gasteiger partial charge >= 0.3 is 5.97 Å². The van der Waals surface area contributed by atoms with Crippen molar-refractivity contribution >= 4 is 35.2 Å². The summed E-state index contributed by atoms with van der Waals surface area (Å²) >= 11 is 7.13. The fraction of sp³-hybridized carbons (Fsp3) is 0.333. The van der Waals surface area contributed by atoms with Crippen LogP contribution in [0.15, 0.2) is 42.1 Å². The van der Waals surface area contributed by atoms with Gasteiger partial charge in [0, 0.05) is 23.7 Å². The van der Waals surface area contributed by atoms with Gasteiger partial charge in [-0.3, -0.25) is 9.59 Å². The number of halogens is 1. The van der Waals surface area contributed by atoms with Crippen molar-refractivity contribution in [3.05, 3.63) is 41.9 Å². The fourth-order valence-electron chi connectivity index (χ4n) is 2.22. The maximum atomic E-state index is 12.0. The largest absolute Gasteiger partial charge is 0.452 e. The zero-order chi connectivity index (χ0) is 19.8. The van der Waals surface area contributed by atoms with Gasteiger partial charge in [-0.1, -0.05) is 29.4 Å². The molecule has 7 nitrogen and oxygen atoms in total. The number of rotatable bonds is 9. The first-order valence-electron chi connectivity index (χ1n) is 8.36. The molecule has 2 rings (SSSR count). The van der Waals surface area contributed by atoms with Crippen molar-refractivity contribution in [3.63, 3.8) is 0 Å². The van der Waals surface area contributed by atoms with Gasteiger partial charge in [-0.2, -0.15) is 0 Å². The second-order valence-electron chi connectivity index (χ2n) is 5.51. The monoisotopic (exact) mass is 408 g/mol. The molecule has 1 amide bonds. The second kappa shape index (κ2) is 10.1. The van der Waals surface area contributed by atoms with Crippen LogP contribution in [0.4, 0.5) is 0 Å². The van der Waals surface area contributed by atoms with Crippen LogP contribution in [0.2, 0.25) is 5.02 Å². The Hall–Kier alpha value is -2.32. The average molecular weight is 409 g/mol. The fourth-order valence-corrected chi connectivity index (χ4v) is 3.13. The van der Waals surface area contributed by atoms with Crippen molar-refractivity contribution in [2.45, 2.75) is 31.7 Å². The van der Waals surface area contributed by atoms with Crippen LogP contribution < -0.4 is 5.32 Å². The van der Waals surface area contributed by atoms with Crippen molar-refractivity contribution < 1.29 is 14.3 Å². The highest BCUT2D eigenvalue weighted by Gasteiger charge is 2.19. The van der Waals surface area contributed by atoms with E-state index in [0.717, 1.165) is 5.56 Å². The van der Waals surface area contributed by atoms with E-state index in [1.165, 1.54) is 18.7 Å². The van der Waals surface area contributed by atoms with Crippen LogP contribution >= 0.6 is 23.4 Å². The predicted octanol–water partition coefficient (Wildman–Crippen LogP) is 2.94. The minimum absolute atomic E-state index is 0.0256. The molecule has 1 aromatic carbocycles. The molecule has 1 N–H and O–H groups in total. The number of carbonyl (C=O) groups is 2. The van der Waals surface area contributed by atoms with Crippen molar-refractivity contribution in [3.8, 4) is 11.4 Å². The van der Waals surface area contributed by atoms with Gasteiger partial charge in [0.25, 0.3) is 5.91 Å². The van der Waals surface area contributed by atoms with Gasteiger partial charge < -0.3 is 14.6 Å². The summed E-state index contributed by atoms with van der Waals surface area (Å²) < 4.78 is 7.04. The molecule has 0 bridgehead atoms. The van der Waals surface area contributed by atoms with Gasteiger partial charge in [0.2, 0.25) is 0 Å². The van der Waals surface area contributed by atoms with Gasteiger partial charge in [-0.05, 0) is 38.1 Å². The summed E-state index contributed by atoms with van der Waals surface area (Å²) in [5.74, 6) is -0.144. The van der Waals surface area contributed by atoms with E-state index in [9.17, 15) is 9.59 Å². The molecule has 0 aliphatic carbocycles. The number of nitrogens with one attached hydrogen (secondary N) is 1. The van der Waals surface area contributed by atoms with Crippen LogP contribution in [0, 0.1) is 0 Å². The summed E-state index contributed by atoms with van der Waals surface area (Å²) in [4.78, 5) is 23.7. The summed E-state index contributed by atoms with van der Waals surface area (Å²) in [6.45, 7) is 7.97. The van der Waals surface area contributed by atoms with E-state index in [2.05, 4.69) is 22.1 Å². The van der Waals surface area contributed by atoms with Crippen molar-refractivity contribution in [1.29, 1.82) is 0 Å². The van der Waals surface area contributed by atoms with E-state index < -0.39 is 12.1 Å². The first kappa shape index (κ1) is 21.0. The molecule has 0 saturated heterocycles. The molecule has 27 heavy (non-hydrogen) atoms. The number of nitrogens with zero attached hydrogens (tertiary/aromatic N) is 3. The molecule has 0 aliphatic heterocycles. The highest BCUT2D eigenvalue weighted by molar-refractivity contribution is 7.99. The quantitative estimate of drug-likeness (QED) is 0.390. The lowest BCUT2D eigenvalue weighted by Crippen LogP contribution is -2.36. The van der Waals surface area contributed by atoms with Crippen LogP contribution in [0.1, 0.15) is 13.8 Å². The number of ether oxygens (including phenoxy) is 1. The van der Waals surface area contributed by atoms with Crippen LogP contribution in [0.3, 0.4) is 0 Å². The van der Waals surface area contributed by atoms with Crippen molar-refractivity contribution in [2.24, 2.45) is 0 Å². The summed E-state index contributed by atoms with van der Waals surface area (Å²) in [6.07, 6.45) is 0.685. The molecule has 1 aromatic heterocycles. The summed E-state index contributed by atoms with van der Waals surface area (Å²) in [5.41, 5.74) is 0.885. The van der Waals surface area contributed by atoms with E-state index in [4.69, 9.17) is 16.3 Å². The SMILES string of the molecule is C=CCNC(=O)[C@H](C)OC(=O)CSc1nnc(-c2ccc(Cl)cc2)n1CC. The number of esters is 1. The number of thioether (sulfide) groups is 1. The molecule has 0 spiro atoms. The zero-order valence-corrected chi connectivity index (χ0v) is 16.7.